The third-order valence-corrected chi connectivity index (χ3v) is 5.64. The molecule has 0 aliphatic carbocycles. The van der Waals surface area contributed by atoms with Crippen LogP contribution in [0.2, 0.25) is 0 Å². The summed E-state index contributed by atoms with van der Waals surface area (Å²) in [5.74, 6) is 1.13. The number of nitrogens with zero attached hydrogens (tertiary/aromatic N) is 1. The second kappa shape index (κ2) is 6.87. The first-order chi connectivity index (χ1) is 8.35. The van der Waals surface area contributed by atoms with Crippen molar-refractivity contribution < 1.29 is 8.42 Å². The van der Waals surface area contributed by atoms with Crippen molar-refractivity contribution >= 4 is 9.84 Å². The summed E-state index contributed by atoms with van der Waals surface area (Å²) in [6.07, 6.45) is 1.09. The van der Waals surface area contributed by atoms with E-state index in [1.807, 2.05) is 0 Å². The molecule has 1 saturated heterocycles. The van der Waals surface area contributed by atoms with Crippen LogP contribution in [0, 0.1) is 5.92 Å². The van der Waals surface area contributed by atoms with E-state index in [0.29, 0.717) is 30.3 Å². The summed E-state index contributed by atoms with van der Waals surface area (Å²) in [6, 6.07) is 0.938. The van der Waals surface area contributed by atoms with Crippen LogP contribution in [-0.4, -0.2) is 56.5 Å². The molecule has 5 heteroatoms. The van der Waals surface area contributed by atoms with E-state index < -0.39 is 9.84 Å². The molecule has 0 saturated carbocycles. The summed E-state index contributed by atoms with van der Waals surface area (Å²) in [5, 5.41) is 3.56. The zero-order valence-corrected chi connectivity index (χ0v) is 13.0. The van der Waals surface area contributed by atoms with Gasteiger partial charge in [-0.1, -0.05) is 20.8 Å². The van der Waals surface area contributed by atoms with Gasteiger partial charge in [-0.3, -0.25) is 4.90 Å². The molecule has 2 atom stereocenters. The molecule has 0 aromatic carbocycles. The fourth-order valence-electron chi connectivity index (χ4n) is 2.32. The van der Waals surface area contributed by atoms with Gasteiger partial charge in [-0.15, -0.1) is 0 Å². The van der Waals surface area contributed by atoms with Crippen LogP contribution >= 0.6 is 0 Å². The Morgan fingerprint density at radius 3 is 2.61 bits per heavy atom. The first-order valence-corrected chi connectivity index (χ1v) is 8.85. The quantitative estimate of drug-likeness (QED) is 0.818. The fourth-order valence-corrected chi connectivity index (χ4v) is 3.12. The highest BCUT2D eigenvalue weighted by molar-refractivity contribution is 7.91. The normalized spacial score (nSPS) is 27.4. The molecule has 1 aliphatic heterocycles. The number of sulfone groups is 1. The maximum atomic E-state index is 11.6. The molecule has 0 amide bonds. The van der Waals surface area contributed by atoms with Crippen LogP contribution in [0.3, 0.4) is 0 Å². The summed E-state index contributed by atoms with van der Waals surface area (Å²) in [4.78, 5) is 2.33. The highest BCUT2D eigenvalue weighted by Crippen LogP contribution is 2.13. The number of nitrogens with one attached hydrogen (secondary N) is 1. The molecule has 18 heavy (non-hydrogen) atoms. The summed E-state index contributed by atoms with van der Waals surface area (Å²) >= 11 is 0. The minimum absolute atomic E-state index is 0.251. The predicted octanol–water partition coefficient (Wildman–Crippen LogP) is 1.13. The molecule has 1 aliphatic rings. The standard InChI is InChI=1S/C13H28N2O2S/c1-5-18(16,17)9-8-15-10-13(11(2)3)14-7-6-12(15)4/h11-14H,5-10H2,1-4H3. The minimum Gasteiger partial charge on any atom is -0.312 e. The molecular formula is C13H28N2O2S. The lowest BCUT2D eigenvalue weighted by Crippen LogP contribution is -2.44. The van der Waals surface area contributed by atoms with E-state index in [2.05, 4.69) is 31.0 Å². The van der Waals surface area contributed by atoms with Crippen molar-refractivity contribution in [1.82, 2.24) is 10.2 Å². The van der Waals surface area contributed by atoms with E-state index in [0.717, 1.165) is 19.5 Å². The van der Waals surface area contributed by atoms with Gasteiger partial charge in [0.1, 0.15) is 0 Å². The van der Waals surface area contributed by atoms with Crippen LogP contribution in [0.1, 0.15) is 34.1 Å². The van der Waals surface area contributed by atoms with Gasteiger partial charge in [0.25, 0.3) is 0 Å². The zero-order chi connectivity index (χ0) is 13.8. The van der Waals surface area contributed by atoms with Crippen LogP contribution < -0.4 is 5.32 Å². The zero-order valence-electron chi connectivity index (χ0n) is 12.1. The van der Waals surface area contributed by atoms with Crippen molar-refractivity contribution in [2.75, 3.05) is 31.1 Å². The Kier molecular flexibility index (Phi) is 6.08. The van der Waals surface area contributed by atoms with Crippen molar-refractivity contribution in [2.24, 2.45) is 5.92 Å². The molecule has 0 aromatic rings. The minimum atomic E-state index is -2.85. The average Bonchev–Trinajstić information content (AvgIpc) is 2.49. The van der Waals surface area contributed by atoms with Gasteiger partial charge < -0.3 is 5.32 Å². The second-order valence-corrected chi connectivity index (χ2v) is 8.15. The van der Waals surface area contributed by atoms with Crippen molar-refractivity contribution in [1.29, 1.82) is 0 Å². The Labute approximate surface area is 112 Å². The van der Waals surface area contributed by atoms with Crippen molar-refractivity contribution in [3.8, 4) is 0 Å². The van der Waals surface area contributed by atoms with Gasteiger partial charge in [-0.25, -0.2) is 8.42 Å². The average molecular weight is 276 g/mol. The lowest BCUT2D eigenvalue weighted by Gasteiger charge is -2.30. The summed E-state index contributed by atoms with van der Waals surface area (Å²) in [5.41, 5.74) is 0. The van der Waals surface area contributed by atoms with Crippen molar-refractivity contribution in [2.45, 2.75) is 46.2 Å². The molecule has 2 unspecified atom stereocenters. The van der Waals surface area contributed by atoms with E-state index in [1.165, 1.54) is 0 Å². The van der Waals surface area contributed by atoms with Gasteiger partial charge in [0, 0.05) is 30.9 Å². The first kappa shape index (κ1) is 15.9. The number of hydrogen-bond acceptors (Lipinski definition) is 4. The molecule has 1 rings (SSSR count). The van der Waals surface area contributed by atoms with Gasteiger partial charge in [0.2, 0.25) is 0 Å². The lowest BCUT2D eigenvalue weighted by atomic mass is 10.0. The van der Waals surface area contributed by atoms with Gasteiger partial charge in [0.05, 0.1) is 5.75 Å². The Bertz CT molecular complexity index is 341. The summed E-state index contributed by atoms with van der Waals surface area (Å²) in [6.45, 7) is 11.0. The van der Waals surface area contributed by atoms with Crippen LogP contribution in [0.15, 0.2) is 0 Å². The topological polar surface area (TPSA) is 49.4 Å². The van der Waals surface area contributed by atoms with E-state index in [9.17, 15) is 8.42 Å². The summed E-state index contributed by atoms with van der Waals surface area (Å²) < 4.78 is 23.2. The molecule has 0 radical (unpaired) electrons. The highest BCUT2D eigenvalue weighted by Gasteiger charge is 2.25. The lowest BCUT2D eigenvalue weighted by molar-refractivity contribution is 0.203. The molecule has 0 aromatic heterocycles. The largest absolute Gasteiger partial charge is 0.312 e. The molecule has 4 nitrogen and oxygen atoms in total. The van der Waals surface area contributed by atoms with Crippen LogP contribution in [0.25, 0.3) is 0 Å². The SMILES string of the molecule is CCS(=O)(=O)CCN1CC(C(C)C)NCCC1C. The van der Waals surface area contributed by atoms with Gasteiger partial charge >= 0.3 is 0 Å². The van der Waals surface area contributed by atoms with E-state index >= 15 is 0 Å². The molecule has 1 heterocycles. The Balaban J connectivity index is 2.60. The first-order valence-electron chi connectivity index (χ1n) is 7.03. The molecular weight excluding hydrogens is 248 g/mol. The Morgan fingerprint density at radius 1 is 1.39 bits per heavy atom. The van der Waals surface area contributed by atoms with Crippen LogP contribution in [-0.2, 0) is 9.84 Å². The monoisotopic (exact) mass is 276 g/mol. The van der Waals surface area contributed by atoms with Gasteiger partial charge in [-0.05, 0) is 25.8 Å². The van der Waals surface area contributed by atoms with Crippen LogP contribution in [0.4, 0.5) is 0 Å². The number of hydrogen-bond donors (Lipinski definition) is 1. The third-order valence-electron chi connectivity index (χ3n) is 3.96. The number of rotatable bonds is 5. The maximum absolute atomic E-state index is 11.6. The van der Waals surface area contributed by atoms with E-state index in [-0.39, 0.29) is 5.75 Å². The predicted molar refractivity (Wildman–Crippen MR) is 76.6 cm³/mol. The highest BCUT2D eigenvalue weighted by atomic mass is 32.2. The van der Waals surface area contributed by atoms with E-state index in [1.54, 1.807) is 6.92 Å². The smallest absolute Gasteiger partial charge is 0.151 e. The summed E-state index contributed by atoms with van der Waals surface area (Å²) in [7, 11) is -2.85. The molecule has 1 N–H and O–H groups in total. The fraction of sp³-hybridized carbons (Fsp3) is 1.00. The van der Waals surface area contributed by atoms with Crippen molar-refractivity contribution in [3.63, 3.8) is 0 Å². The third kappa shape index (κ3) is 4.86. The molecule has 0 spiro atoms. The Hall–Kier alpha value is -0.130. The molecule has 108 valence electrons. The van der Waals surface area contributed by atoms with Crippen LogP contribution in [0.5, 0.6) is 0 Å². The van der Waals surface area contributed by atoms with Gasteiger partial charge in [-0.2, -0.15) is 0 Å². The maximum Gasteiger partial charge on any atom is 0.151 e. The Morgan fingerprint density at radius 2 is 2.06 bits per heavy atom. The van der Waals surface area contributed by atoms with Crippen molar-refractivity contribution in [3.05, 3.63) is 0 Å². The molecule has 1 fully saturated rings. The van der Waals surface area contributed by atoms with E-state index in [4.69, 9.17) is 0 Å². The van der Waals surface area contributed by atoms with Gasteiger partial charge in [0.15, 0.2) is 9.84 Å². The molecule has 0 bridgehead atoms. The second-order valence-electron chi connectivity index (χ2n) is 5.67.